The van der Waals surface area contributed by atoms with Crippen molar-refractivity contribution in [3.63, 3.8) is 0 Å². The average molecular weight is 414 g/mol. The first-order valence-corrected chi connectivity index (χ1v) is 9.17. The molecule has 2 fully saturated rings. The molecular weight excluding hydrogens is 396 g/mol. The smallest absolute Gasteiger partial charge is 0.414 e. The van der Waals surface area contributed by atoms with Crippen molar-refractivity contribution in [2.24, 2.45) is 0 Å². The SMILES string of the molecule is O=C1O[C@@H](Cn2ccnn2)CN1c1cc(F)c([C@H]2CC[C@@H](O)C(F)C2)c(F)c1F. The Balaban J connectivity index is 1.58. The number of nitrogens with zero attached hydrogens (tertiary/aromatic N) is 4. The van der Waals surface area contributed by atoms with Crippen LogP contribution in [-0.2, 0) is 11.3 Å². The van der Waals surface area contributed by atoms with Crippen LogP contribution in [0.15, 0.2) is 18.5 Å². The number of rotatable bonds is 4. The van der Waals surface area contributed by atoms with Crippen LogP contribution in [0.5, 0.6) is 0 Å². The molecule has 0 bridgehead atoms. The van der Waals surface area contributed by atoms with Gasteiger partial charge in [0.25, 0.3) is 0 Å². The highest BCUT2D eigenvalue weighted by Crippen LogP contribution is 2.40. The lowest BCUT2D eigenvalue weighted by atomic mass is 9.81. The number of amides is 1. The van der Waals surface area contributed by atoms with Crippen LogP contribution in [0.25, 0.3) is 0 Å². The maximum atomic E-state index is 14.7. The second kappa shape index (κ2) is 7.62. The van der Waals surface area contributed by atoms with E-state index in [1.54, 1.807) is 6.20 Å². The maximum absolute atomic E-state index is 14.7. The molecule has 1 aromatic heterocycles. The first-order chi connectivity index (χ1) is 13.8. The van der Waals surface area contributed by atoms with E-state index < -0.39 is 59.1 Å². The fraction of sp³-hybridized carbons (Fsp3) is 0.500. The van der Waals surface area contributed by atoms with Gasteiger partial charge in [0.15, 0.2) is 11.6 Å². The number of hydrogen-bond donors (Lipinski definition) is 1. The summed E-state index contributed by atoms with van der Waals surface area (Å²) in [5.74, 6) is -4.83. The molecule has 1 N–H and O–H groups in total. The number of ether oxygens (including phenoxy) is 1. The number of carbonyl (C=O) groups excluding carboxylic acids is 1. The summed E-state index contributed by atoms with van der Waals surface area (Å²) in [4.78, 5) is 12.9. The summed E-state index contributed by atoms with van der Waals surface area (Å²) < 4.78 is 64.5. The van der Waals surface area contributed by atoms with Crippen LogP contribution in [0, 0.1) is 17.5 Å². The minimum atomic E-state index is -1.64. The number of aromatic nitrogens is 3. The van der Waals surface area contributed by atoms with Crippen LogP contribution in [-0.4, -0.2) is 51.1 Å². The summed E-state index contributed by atoms with van der Waals surface area (Å²) in [7, 11) is 0. The minimum Gasteiger partial charge on any atom is -0.442 e. The third-order valence-corrected chi connectivity index (χ3v) is 5.35. The number of halogens is 4. The molecule has 1 aliphatic carbocycles. The van der Waals surface area contributed by atoms with Gasteiger partial charge in [-0.1, -0.05) is 5.21 Å². The molecule has 1 saturated carbocycles. The Morgan fingerprint density at radius 1 is 1.24 bits per heavy atom. The Morgan fingerprint density at radius 2 is 2.03 bits per heavy atom. The predicted molar refractivity (Wildman–Crippen MR) is 91.4 cm³/mol. The maximum Gasteiger partial charge on any atom is 0.414 e. The molecule has 2 heterocycles. The molecule has 0 radical (unpaired) electrons. The van der Waals surface area contributed by atoms with Crippen molar-refractivity contribution < 1.29 is 32.2 Å². The number of aliphatic hydroxyl groups is 1. The van der Waals surface area contributed by atoms with Crippen LogP contribution in [0.1, 0.15) is 30.7 Å². The number of benzene rings is 1. The largest absolute Gasteiger partial charge is 0.442 e. The normalized spacial score (nSPS) is 27.3. The van der Waals surface area contributed by atoms with Crippen molar-refractivity contribution in [1.82, 2.24) is 15.0 Å². The lowest BCUT2D eigenvalue weighted by Gasteiger charge is -2.29. The summed E-state index contributed by atoms with van der Waals surface area (Å²) in [6.45, 7) is 0.0191. The van der Waals surface area contributed by atoms with Crippen molar-refractivity contribution in [3.8, 4) is 0 Å². The zero-order valence-corrected chi connectivity index (χ0v) is 15.1. The van der Waals surface area contributed by atoms with Gasteiger partial charge in [-0.25, -0.2) is 27.0 Å². The molecule has 1 aromatic carbocycles. The molecular formula is C18H18F4N4O3. The first-order valence-electron chi connectivity index (χ1n) is 9.17. The van der Waals surface area contributed by atoms with Crippen LogP contribution in [0.2, 0.25) is 0 Å². The highest BCUT2D eigenvalue weighted by molar-refractivity contribution is 5.90. The van der Waals surface area contributed by atoms with E-state index in [1.165, 1.54) is 10.9 Å². The average Bonchev–Trinajstić information content (AvgIpc) is 3.31. The Hall–Kier alpha value is -2.69. The van der Waals surface area contributed by atoms with Crippen molar-refractivity contribution in [3.05, 3.63) is 41.5 Å². The van der Waals surface area contributed by atoms with Crippen LogP contribution >= 0.6 is 0 Å². The van der Waals surface area contributed by atoms with Gasteiger partial charge in [-0.3, -0.25) is 4.90 Å². The number of cyclic esters (lactones) is 1. The second-order valence-electron chi connectivity index (χ2n) is 7.25. The number of anilines is 1. The highest BCUT2D eigenvalue weighted by atomic mass is 19.2. The monoisotopic (exact) mass is 414 g/mol. The molecule has 0 spiro atoms. The summed E-state index contributed by atoms with van der Waals surface area (Å²) >= 11 is 0. The molecule has 1 aliphatic heterocycles. The molecule has 29 heavy (non-hydrogen) atoms. The van der Waals surface area contributed by atoms with E-state index in [4.69, 9.17) is 4.74 Å². The standard InChI is InChI=1S/C18H18F4N4O3/c19-11-5-9(1-2-14(11)27)15-12(20)6-13(16(21)17(15)22)26-8-10(29-18(26)28)7-25-4-3-23-24-25/h3-4,6,9-11,14,27H,1-2,5,7-8H2/t9-,10-,11?,14+/m0/s1. The Morgan fingerprint density at radius 3 is 2.72 bits per heavy atom. The summed E-state index contributed by atoms with van der Waals surface area (Å²) in [5.41, 5.74) is -1.14. The highest BCUT2D eigenvalue weighted by Gasteiger charge is 2.38. The van der Waals surface area contributed by atoms with Gasteiger partial charge in [-0.05, 0) is 25.2 Å². The van der Waals surface area contributed by atoms with Gasteiger partial charge in [-0.15, -0.1) is 5.10 Å². The third kappa shape index (κ3) is 3.66. The molecule has 11 heteroatoms. The molecule has 4 atom stereocenters. The fourth-order valence-electron chi connectivity index (χ4n) is 3.88. The molecule has 4 rings (SSSR count). The quantitative estimate of drug-likeness (QED) is 0.615. The molecule has 2 aromatic rings. The second-order valence-corrected chi connectivity index (χ2v) is 7.25. The van der Waals surface area contributed by atoms with Gasteiger partial charge in [0, 0.05) is 17.8 Å². The lowest BCUT2D eigenvalue weighted by molar-refractivity contribution is 0.0359. The zero-order chi connectivity index (χ0) is 20.7. The summed E-state index contributed by atoms with van der Waals surface area (Å²) in [6.07, 6.45) is -1.65. The van der Waals surface area contributed by atoms with Crippen LogP contribution < -0.4 is 4.90 Å². The summed E-state index contributed by atoms with van der Waals surface area (Å²) in [5, 5.41) is 16.8. The van der Waals surface area contributed by atoms with Crippen LogP contribution in [0.3, 0.4) is 0 Å². The first kappa shape index (κ1) is 19.6. The van der Waals surface area contributed by atoms with Gasteiger partial charge in [0.2, 0.25) is 0 Å². The van der Waals surface area contributed by atoms with E-state index in [2.05, 4.69) is 10.3 Å². The molecule has 2 aliphatic rings. The van der Waals surface area contributed by atoms with Gasteiger partial charge in [-0.2, -0.15) is 0 Å². The van der Waals surface area contributed by atoms with Gasteiger partial charge in [0.1, 0.15) is 18.1 Å². The third-order valence-electron chi connectivity index (χ3n) is 5.35. The van der Waals surface area contributed by atoms with Gasteiger partial charge >= 0.3 is 6.09 Å². The van der Waals surface area contributed by atoms with E-state index in [9.17, 15) is 27.5 Å². The Bertz CT molecular complexity index is 911. The van der Waals surface area contributed by atoms with E-state index >= 15 is 0 Å². The lowest BCUT2D eigenvalue weighted by Crippen LogP contribution is -2.31. The van der Waals surface area contributed by atoms with E-state index in [-0.39, 0.29) is 32.4 Å². The molecule has 1 amide bonds. The summed E-state index contributed by atoms with van der Waals surface area (Å²) in [6, 6.07) is 0.727. The molecule has 1 unspecified atom stereocenters. The molecule has 1 saturated heterocycles. The number of alkyl halides is 1. The topological polar surface area (TPSA) is 80.5 Å². The van der Waals surface area contributed by atoms with E-state index in [1.807, 2.05) is 0 Å². The van der Waals surface area contributed by atoms with Crippen LogP contribution in [0.4, 0.5) is 28.0 Å². The van der Waals surface area contributed by atoms with E-state index in [0.29, 0.717) is 0 Å². The van der Waals surface area contributed by atoms with Gasteiger partial charge < -0.3 is 9.84 Å². The van der Waals surface area contributed by atoms with E-state index in [0.717, 1.165) is 11.0 Å². The fourth-order valence-corrected chi connectivity index (χ4v) is 3.88. The molecule has 7 nitrogen and oxygen atoms in total. The minimum absolute atomic E-state index is 0.0243. The van der Waals surface area contributed by atoms with Gasteiger partial charge in [0.05, 0.1) is 31.1 Å². The number of aliphatic hydroxyl groups excluding tert-OH is 1. The number of hydrogen-bond acceptors (Lipinski definition) is 5. The number of carbonyl (C=O) groups is 1. The van der Waals surface area contributed by atoms with Crippen molar-refractivity contribution in [2.75, 3.05) is 11.4 Å². The Kier molecular flexibility index (Phi) is 5.15. The van der Waals surface area contributed by atoms with Crippen molar-refractivity contribution >= 4 is 11.8 Å². The van der Waals surface area contributed by atoms with Crippen molar-refractivity contribution in [1.29, 1.82) is 0 Å². The Labute approximate surface area is 162 Å². The molecule has 156 valence electrons. The predicted octanol–water partition coefficient (Wildman–Crippen LogP) is 2.69. The zero-order valence-electron chi connectivity index (χ0n) is 15.1. The van der Waals surface area contributed by atoms with Crippen molar-refractivity contribution in [2.45, 2.75) is 50.1 Å².